The largest absolute Gasteiger partial charge is 0.319 e. The van der Waals surface area contributed by atoms with E-state index >= 15 is 0 Å². The third-order valence-corrected chi connectivity index (χ3v) is 4.40. The van der Waals surface area contributed by atoms with E-state index in [0.29, 0.717) is 27.7 Å². The number of aromatic nitrogens is 2. The van der Waals surface area contributed by atoms with Gasteiger partial charge in [0.25, 0.3) is 11.7 Å². The molecule has 0 saturated heterocycles. The summed E-state index contributed by atoms with van der Waals surface area (Å²) < 4.78 is 1.67. The number of para-hydroxylation sites is 1. The smallest absolute Gasteiger partial charge is 0.296 e. The third kappa shape index (κ3) is 3.39. The van der Waals surface area contributed by atoms with Gasteiger partial charge in [0, 0.05) is 10.7 Å². The first kappa shape index (κ1) is 17.9. The van der Waals surface area contributed by atoms with Crippen LogP contribution in [0.1, 0.15) is 27.3 Å². The Balaban J connectivity index is 1.90. The van der Waals surface area contributed by atoms with E-state index in [2.05, 4.69) is 10.4 Å². The van der Waals surface area contributed by atoms with Gasteiger partial charge in [-0.05, 0) is 56.7 Å². The van der Waals surface area contributed by atoms with Gasteiger partial charge in [-0.3, -0.25) is 9.59 Å². The van der Waals surface area contributed by atoms with Crippen molar-refractivity contribution in [3.8, 4) is 5.69 Å². The Kier molecular flexibility index (Phi) is 4.91. The highest BCUT2D eigenvalue weighted by atomic mass is 35.5. The maximum atomic E-state index is 12.7. The minimum atomic E-state index is -0.700. The fourth-order valence-corrected chi connectivity index (χ4v) is 3.08. The molecule has 132 valence electrons. The van der Waals surface area contributed by atoms with Gasteiger partial charge < -0.3 is 5.32 Å². The Bertz CT molecular complexity index is 994. The molecule has 26 heavy (non-hydrogen) atoms. The zero-order valence-electron chi connectivity index (χ0n) is 14.7. The van der Waals surface area contributed by atoms with Crippen molar-refractivity contribution in [2.75, 3.05) is 5.32 Å². The van der Waals surface area contributed by atoms with E-state index in [-0.39, 0.29) is 0 Å². The van der Waals surface area contributed by atoms with Gasteiger partial charge in [-0.15, -0.1) is 0 Å². The van der Waals surface area contributed by atoms with Crippen LogP contribution in [0.15, 0.2) is 48.5 Å². The summed E-state index contributed by atoms with van der Waals surface area (Å²) in [7, 11) is 0. The number of Topliss-reactive ketones (excluding diaryl/α,β-unsaturated/α-hetero) is 1. The molecule has 3 rings (SSSR count). The molecule has 1 amide bonds. The lowest BCUT2D eigenvalue weighted by atomic mass is 10.1. The van der Waals surface area contributed by atoms with Gasteiger partial charge in [0.15, 0.2) is 0 Å². The van der Waals surface area contributed by atoms with Crippen molar-refractivity contribution in [2.45, 2.75) is 20.8 Å². The number of carbonyl (C=O) groups is 2. The highest BCUT2D eigenvalue weighted by Gasteiger charge is 2.25. The number of nitrogens with zero attached hydrogens (tertiary/aromatic N) is 2. The Labute approximate surface area is 156 Å². The van der Waals surface area contributed by atoms with Gasteiger partial charge in [-0.2, -0.15) is 5.10 Å². The number of amides is 1. The van der Waals surface area contributed by atoms with Crippen molar-refractivity contribution in [2.24, 2.45) is 0 Å². The molecule has 0 bridgehead atoms. The molecule has 0 aliphatic carbocycles. The molecule has 0 aliphatic rings. The molecule has 5 nitrogen and oxygen atoms in total. The van der Waals surface area contributed by atoms with Crippen LogP contribution >= 0.6 is 11.6 Å². The van der Waals surface area contributed by atoms with E-state index in [1.54, 1.807) is 36.7 Å². The molecule has 2 aromatic carbocycles. The van der Waals surface area contributed by atoms with E-state index < -0.39 is 11.7 Å². The summed E-state index contributed by atoms with van der Waals surface area (Å²) in [6.45, 7) is 5.32. The van der Waals surface area contributed by atoms with E-state index in [1.165, 1.54) is 0 Å². The van der Waals surface area contributed by atoms with Crippen molar-refractivity contribution in [1.82, 2.24) is 9.78 Å². The van der Waals surface area contributed by atoms with Crippen molar-refractivity contribution in [1.29, 1.82) is 0 Å². The first-order valence-electron chi connectivity index (χ1n) is 8.12. The van der Waals surface area contributed by atoms with E-state index in [4.69, 9.17) is 11.6 Å². The summed E-state index contributed by atoms with van der Waals surface area (Å²) >= 11 is 5.92. The molecule has 0 aliphatic heterocycles. The minimum absolute atomic E-state index is 0.318. The average molecular weight is 368 g/mol. The molecule has 0 atom stereocenters. The first-order chi connectivity index (χ1) is 12.4. The predicted octanol–water partition coefficient (Wildman–Crippen LogP) is 4.27. The maximum absolute atomic E-state index is 12.7. The molecule has 1 heterocycles. The van der Waals surface area contributed by atoms with Gasteiger partial charge in [-0.1, -0.05) is 29.8 Å². The van der Waals surface area contributed by atoms with Crippen LogP contribution in [0.2, 0.25) is 5.02 Å². The fraction of sp³-hybridized carbons (Fsp3) is 0.150. The summed E-state index contributed by atoms with van der Waals surface area (Å²) in [4.78, 5) is 25.2. The summed E-state index contributed by atoms with van der Waals surface area (Å²) in [6, 6.07) is 14.5. The number of ketones is 1. The second-order valence-electron chi connectivity index (χ2n) is 6.04. The maximum Gasteiger partial charge on any atom is 0.296 e. The van der Waals surface area contributed by atoms with Crippen molar-refractivity contribution in [3.05, 3.63) is 76.1 Å². The van der Waals surface area contributed by atoms with Crippen LogP contribution in [-0.4, -0.2) is 21.5 Å². The minimum Gasteiger partial charge on any atom is -0.319 e. The molecule has 0 saturated carbocycles. The molecular formula is C20H18ClN3O2. The summed E-state index contributed by atoms with van der Waals surface area (Å²) in [5.74, 6) is -1.31. The lowest BCUT2D eigenvalue weighted by Gasteiger charge is -2.08. The van der Waals surface area contributed by atoms with E-state index in [1.807, 2.05) is 37.3 Å². The topological polar surface area (TPSA) is 64.0 Å². The van der Waals surface area contributed by atoms with Crippen molar-refractivity contribution >= 4 is 29.0 Å². The number of nitrogens with one attached hydrogen (secondary N) is 1. The Morgan fingerprint density at radius 3 is 2.38 bits per heavy atom. The molecule has 6 heteroatoms. The van der Waals surface area contributed by atoms with Crippen molar-refractivity contribution < 1.29 is 9.59 Å². The van der Waals surface area contributed by atoms with Crippen molar-refractivity contribution in [3.63, 3.8) is 0 Å². The van der Waals surface area contributed by atoms with Crippen LogP contribution in [0.4, 0.5) is 5.69 Å². The summed E-state index contributed by atoms with van der Waals surface area (Å²) in [5, 5.41) is 7.65. The lowest BCUT2D eigenvalue weighted by Crippen LogP contribution is -2.24. The predicted molar refractivity (Wildman–Crippen MR) is 102 cm³/mol. The van der Waals surface area contributed by atoms with Gasteiger partial charge in [0.05, 0.1) is 22.6 Å². The summed E-state index contributed by atoms with van der Waals surface area (Å²) in [5.41, 5.74) is 3.63. The number of rotatable bonds is 4. The highest BCUT2D eigenvalue weighted by Crippen LogP contribution is 2.22. The van der Waals surface area contributed by atoms with Gasteiger partial charge >= 0.3 is 0 Å². The molecule has 0 spiro atoms. The zero-order chi connectivity index (χ0) is 18.8. The fourth-order valence-electron chi connectivity index (χ4n) is 2.85. The van der Waals surface area contributed by atoms with Crippen LogP contribution in [0.25, 0.3) is 5.69 Å². The number of halogens is 1. The quantitative estimate of drug-likeness (QED) is 0.553. The lowest BCUT2D eigenvalue weighted by molar-refractivity contribution is -0.112. The molecule has 3 aromatic rings. The van der Waals surface area contributed by atoms with Crippen LogP contribution in [0.5, 0.6) is 0 Å². The van der Waals surface area contributed by atoms with Crippen LogP contribution in [0.3, 0.4) is 0 Å². The highest BCUT2D eigenvalue weighted by molar-refractivity contribution is 6.47. The standard InChI is InChI=1S/C20H18ClN3O2/c1-12-11-15(21)9-10-17(12)22-20(26)19(25)18-13(2)23-24(14(18)3)16-7-5-4-6-8-16/h4-11H,1-3H3,(H,22,26). The number of hydrogen-bond acceptors (Lipinski definition) is 3. The first-order valence-corrected chi connectivity index (χ1v) is 8.49. The van der Waals surface area contributed by atoms with Crippen LogP contribution < -0.4 is 5.32 Å². The third-order valence-electron chi connectivity index (χ3n) is 4.16. The number of aryl methyl sites for hydroxylation is 2. The average Bonchev–Trinajstić information content (AvgIpc) is 2.92. The van der Waals surface area contributed by atoms with E-state index in [9.17, 15) is 9.59 Å². The second-order valence-corrected chi connectivity index (χ2v) is 6.47. The molecule has 1 N–H and O–H groups in total. The second kappa shape index (κ2) is 7.14. The molecular weight excluding hydrogens is 350 g/mol. The Morgan fingerprint density at radius 2 is 1.73 bits per heavy atom. The number of carbonyl (C=O) groups excluding carboxylic acids is 2. The normalized spacial score (nSPS) is 10.6. The number of hydrogen-bond donors (Lipinski definition) is 1. The SMILES string of the molecule is Cc1cc(Cl)ccc1NC(=O)C(=O)c1c(C)nn(-c2ccccc2)c1C. The monoisotopic (exact) mass is 367 g/mol. The molecule has 0 fully saturated rings. The molecule has 1 aromatic heterocycles. The van der Waals surface area contributed by atoms with Gasteiger partial charge in [0.2, 0.25) is 0 Å². The molecule has 0 radical (unpaired) electrons. The number of anilines is 1. The zero-order valence-corrected chi connectivity index (χ0v) is 15.5. The van der Waals surface area contributed by atoms with E-state index in [0.717, 1.165) is 11.3 Å². The Hall–Kier alpha value is -2.92. The summed E-state index contributed by atoms with van der Waals surface area (Å²) in [6.07, 6.45) is 0. The van der Waals surface area contributed by atoms with Gasteiger partial charge in [-0.25, -0.2) is 4.68 Å². The molecule has 0 unspecified atom stereocenters. The Morgan fingerprint density at radius 1 is 1.04 bits per heavy atom. The van der Waals surface area contributed by atoms with Crippen LogP contribution in [0, 0.1) is 20.8 Å². The van der Waals surface area contributed by atoms with Gasteiger partial charge in [0.1, 0.15) is 0 Å². The number of benzene rings is 2. The van der Waals surface area contributed by atoms with Crippen LogP contribution in [-0.2, 0) is 4.79 Å².